The summed E-state index contributed by atoms with van der Waals surface area (Å²) < 4.78 is 86.0. The molecule has 4 aromatic rings. The van der Waals surface area contributed by atoms with Gasteiger partial charge < -0.3 is 10.1 Å². The van der Waals surface area contributed by atoms with Crippen molar-refractivity contribution in [2.24, 2.45) is 0 Å². The summed E-state index contributed by atoms with van der Waals surface area (Å²) in [5.74, 6) is -6.08. The number of hydrogen-bond acceptors (Lipinski definition) is 8. The number of Topliss-reactive ketones (excluding diaryl/α,β-unsaturated/α-hetero) is 1. The van der Waals surface area contributed by atoms with E-state index in [0.717, 1.165) is 24.3 Å². The van der Waals surface area contributed by atoms with Crippen molar-refractivity contribution in [3.63, 3.8) is 0 Å². The fourth-order valence-corrected chi connectivity index (χ4v) is 6.54. The number of carbonyl (C=O) groups excluding carboxylic acids is 3. The van der Waals surface area contributed by atoms with Gasteiger partial charge in [-0.15, -0.1) is 0 Å². The molecular weight excluding hydrogens is 729 g/mol. The fourth-order valence-electron chi connectivity index (χ4n) is 5.48. The summed E-state index contributed by atoms with van der Waals surface area (Å²) in [7, 11) is -3.56. The van der Waals surface area contributed by atoms with Crippen LogP contribution in [0, 0.1) is 23.3 Å². The highest BCUT2D eigenvalue weighted by Crippen LogP contribution is 2.30. The molecule has 0 aliphatic heterocycles. The van der Waals surface area contributed by atoms with E-state index in [-0.39, 0.29) is 57.2 Å². The Balaban J connectivity index is 1.50. The highest BCUT2D eigenvalue weighted by Gasteiger charge is 2.31. The molecule has 0 atom stereocenters. The second kappa shape index (κ2) is 15.7. The van der Waals surface area contributed by atoms with Gasteiger partial charge >= 0.3 is 6.09 Å². The van der Waals surface area contributed by atoms with E-state index in [1.807, 2.05) is 0 Å². The number of benzene rings is 3. The Morgan fingerprint density at radius 2 is 1.39 bits per heavy atom. The summed E-state index contributed by atoms with van der Waals surface area (Å²) >= 11 is 0. The Bertz CT molecular complexity index is 2230. The van der Waals surface area contributed by atoms with E-state index in [9.17, 15) is 40.4 Å². The van der Waals surface area contributed by atoms with Crippen molar-refractivity contribution in [3.05, 3.63) is 118 Å². The first-order valence-electron chi connectivity index (χ1n) is 16.7. The molecule has 1 saturated carbocycles. The minimum atomic E-state index is -3.56. The molecule has 0 radical (unpaired) electrons. The molecule has 0 saturated heterocycles. The zero-order chi connectivity index (χ0) is 39.5. The standard InChI is InChI=1S/C39H36F4N4O6S/c1-21(2)54(51,52)28-10-8-24(9-11-28)33-20-44-34(36(46-33)47-38(50)53-39(3,4)5)37(49)45-27-18-25(14-22-6-12-29(40)31(42)16-22)35(48)26(19-27)15-23-7-13-30(41)32(43)17-23/h6-17,20-21,27H,18-19H2,1-5H3,(H,45,49)(H,46,47,50)/b25-14+,26-15+. The molecule has 1 aliphatic carbocycles. The number of halogens is 4. The third-order valence-electron chi connectivity index (χ3n) is 8.13. The Labute approximate surface area is 309 Å². The van der Waals surface area contributed by atoms with E-state index in [0.29, 0.717) is 5.56 Å². The normalized spacial score (nSPS) is 16.5. The van der Waals surface area contributed by atoms with Crippen LogP contribution >= 0.6 is 0 Å². The molecular formula is C39H36F4N4O6S. The van der Waals surface area contributed by atoms with E-state index < -0.39 is 67.8 Å². The lowest BCUT2D eigenvalue weighted by Gasteiger charge is -2.27. The summed E-state index contributed by atoms with van der Waals surface area (Å²) in [5.41, 5.74) is -0.121. The molecule has 3 aromatic carbocycles. The van der Waals surface area contributed by atoms with E-state index >= 15 is 0 Å². The molecule has 5 rings (SSSR count). The number of ether oxygens (including phenoxy) is 1. The number of carbonyl (C=O) groups is 3. The van der Waals surface area contributed by atoms with Crippen molar-refractivity contribution < 1.29 is 45.1 Å². The van der Waals surface area contributed by atoms with Crippen LogP contribution in [0.15, 0.2) is 82.9 Å². The Kier molecular flexibility index (Phi) is 11.5. The minimum Gasteiger partial charge on any atom is -0.444 e. The van der Waals surface area contributed by atoms with Crippen LogP contribution in [0.3, 0.4) is 0 Å². The second-order valence-corrected chi connectivity index (χ2v) is 16.3. The molecule has 54 heavy (non-hydrogen) atoms. The third-order valence-corrected chi connectivity index (χ3v) is 10.3. The number of sulfone groups is 1. The Hall–Kier alpha value is -5.70. The van der Waals surface area contributed by atoms with Crippen molar-refractivity contribution in [2.45, 2.75) is 69.2 Å². The van der Waals surface area contributed by atoms with Gasteiger partial charge in [-0.1, -0.05) is 24.3 Å². The van der Waals surface area contributed by atoms with E-state index in [4.69, 9.17) is 4.74 Å². The second-order valence-electron chi connectivity index (χ2n) is 13.8. The number of nitrogens with one attached hydrogen (secondary N) is 2. The van der Waals surface area contributed by atoms with E-state index in [1.54, 1.807) is 34.6 Å². The molecule has 1 fully saturated rings. The van der Waals surface area contributed by atoms with Crippen molar-refractivity contribution >= 4 is 45.6 Å². The first-order valence-corrected chi connectivity index (χ1v) is 18.2. The molecule has 10 nitrogen and oxygen atoms in total. The highest BCUT2D eigenvalue weighted by atomic mass is 32.2. The maximum absolute atomic E-state index is 14.1. The van der Waals surface area contributed by atoms with E-state index in [2.05, 4.69) is 20.6 Å². The SMILES string of the molecule is CC(C)S(=O)(=O)c1ccc(-c2cnc(C(=O)NC3C/C(=C\c4ccc(F)c(F)c4)C(=O)/C(=C/c4ccc(F)c(F)c4)C3)c(NC(=O)OC(C)(C)C)n2)cc1. The summed E-state index contributed by atoms with van der Waals surface area (Å²) in [6, 6.07) is 11.2. The average molecular weight is 765 g/mol. The van der Waals surface area contributed by atoms with E-state index in [1.165, 1.54) is 54.7 Å². The fraction of sp³-hybridized carbons (Fsp3) is 0.256. The molecule has 0 bridgehead atoms. The molecule has 2 N–H and O–H groups in total. The lowest BCUT2D eigenvalue weighted by molar-refractivity contribution is -0.113. The van der Waals surface area contributed by atoms with Gasteiger partial charge in [-0.2, -0.15) is 0 Å². The molecule has 15 heteroatoms. The predicted octanol–water partition coefficient (Wildman–Crippen LogP) is 7.86. The Morgan fingerprint density at radius 1 is 0.852 bits per heavy atom. The smallest absolute Gasteiger partial charge is 0.413 e. The number of hydrogen-bond donors (Lipinski definition) is 2. The molecule has 0 spiro atoms. The summed E-state index contributed by atoms with van der Waals surface area (Å²) in [4.78, 5) is 49.2. The lowest BCUT2D eigenvalue weighted by Crippen LogP contribution is -2.40. The largest absolute Gasteiger partial charge is 0.444 e. The van der Waals surface area contributed by atoms with Crippen LogP contribution in [0.4, 0.5) is 28.2 Å². The van der Waals surface area contributed by atoms with Gasteiger partial charge in [-0.3, -0.25) is 14.9 Å². The molecule has 2 amide bonds. The predicted molar refractivity (Wildman–Crippen MR) is 194 cm³/mol. The van der Waals surface area contributed by atoms with Gasteiger partial charge in [0.1, 0.15) is 5.60 Å². The molecule has 1 heterocycles. The summed E-state index contributed by atoms with van der Waals surface area (Å²) in [5, 5.41) is 4.59. The molecule has 282 valence electrons. The summed E-state index contributed by atoms with van der Waals surface area (Å²) in [6.45, 7) is 8.03. The van der Waals surface area contributed by atoms with Crippen molar-refractivity contribution in [1.29, 1.82) is 0 Å². The first-order chi connectivity index (χ1) is 25.3. The van der Waals surface area contributed by atoms with Crippen molar-refractivity contribution in [1.82, 2.24) is 15.3 Å². The number of ketones is 1. The highest BCUT2D eigenvalue weighted by molar-refractivity contribution is 7.92. The van der Waals surface area contributed by atoms with Crippen LogP contribution in [-0.4, -0.2) is 53.1 Å². The minimum absolute atomic E-state index is 0.0787. The van der Waals surface area contributed by atoms with Crippen molar-refractivity contribution in [2.75, 3.05) is 5.32 Å². The number of rotatable bonds is 8. The quantitative estimate of drug-likeness (QED) is 0.136. The maximum atomic E-state index is 14.1. The van der Waals surface area contributed by atoms with Crippen LogP contribution in [-0.2, 0) is 19.4 Å². The third kappa shape index (κ3) is 9.44. The topological polar surface area (TPSA) is 144 Å². The van der Waals surface area contributed by atoms with Crippen LogP contribution in [0.1, 0.15) is 69.1 Å². The maximum Gasteiger partial charge on any atom is 0.413 e. The van der Waals surface area contributed by atoms with Crippen molar-refractivity contribution in [3.8, 4) is 11.3 Å². The Morgan fingerprint density at radius 3 is 1.87 bits per heavy atom. The first kappa shape index (κ1) is 39.5. The van der Waals surface area contributed by atoms with Crippen LogP contribution in [0.5, 0.6) is 0 Å². The average Bonchev–Trinajstić information content (AvgIpc) is 3.09. The zero-order valence-electron chi connectivity index (χ0n) is 29.8. The van der Waals surface area contributed by atoms with Crippen LogP contribution in [0.2, 0.25) is 0 Å². The van der Waals surface area contributed by atoms with Gasteiger partial charge in [0.25, 0.3) is 5.91 Å². The van der Waals surface area contributed by atoms with Gasteiger partial charge in [0.2, 0.25) is 0 Å². The van der Waals surface area contributed by atoms with Gasteiger partial charge in [0.05, 0.1) is 22.0 Å². The lowest BCUT2D eigenvalue weighted by atomic mass is 9.83. The number of amides is 2. The summed E-state index contributed by atoms with van der Waals surface area (Å²) in [6.07, 6.45) is 2.83. The van der Waals surface area contributed by atoms with Gasteiger partial charge in [0.15, 0.2) is 50.4 Å². The molecule has 0 unspecified atom stereocenters. The zero-order valence-corrected chi connectivity index (χ0v) is 30.7. The number of aromatic nitrogens is 2. The van der Waals surface area contributed by atoms with Gasteiger partial charge in [-0.25, -0.2) is 40.7 Å². The van der Waals surface area contributed by atoms with Gasteiger partial charge in [-0.05, 0) is 107 Å². The number of nitrogens with zero attached hydrogens (tertiary/aromatic N) is 2. The molecule has 1 aromatic heterocycles. The van der Waals surface area contributed by atoms with Crippen LogP contribution in [0.25, 0.3) is 23.4 Å². The molecule has 1 aliphatic rings. The van der Waals surface area contributed by atoms with Gasteiger partial charge in [0, 0.05) is 22.8 Å². The van der Waals surface area contributed by atoms with Crippen LogP contribution < -0.4 is 10.6 Å². The number of anilines is 1. The monoisotopic (exact) mass is 764 g/mol.